The maximum atomic E-state index is 13.1. The van der Waals surface area contributed by atoms with Crippen molar-refractivity contribution >= 4 is 21.6 Å². The number of hydrogen-bond acceptors (Lipinski definition) is 6. The van der Waals surface area contributed by atoms with E-state index < -0.39 is 15.8 Å². The zero-order valence-corrected chi connectivity index (χ0v) is 17.3. The van der Waals surface area contributed by atoms with Gasteiger partial charge >= 0.3 is 0 Å². The summed E-state index contributed by atoms with van der Waals surface area (Å²) in [5.74, 6) is -0.282. The lowest BCUT2D eigenvalue weighted by atomic mass is 10.3. The van der Waals surface area contributed by atoms with E-state index in [1.807, 2.05) is 0 Å². The fourth-order valence-corrected chi connectivity index (χ4v) is 4.51. The van der Waals surface area contributed by atoms with Crippen LogP contribution < -0.4 is 14.8 Å². The van der Waals surface area contributed by atoms with Crippen LogP contribution in [0.2, 0.25) is 0 Å². The molecule has 1 aliphatic heterocycles. The van der Waals surface area contributed by atoms with Crippen LogP contribution in [-0.4, -0.2) is 58.7 Å². The maximum absolute atomic E-state index is 13.1. The molecular formula is C20H23FN2O6S. The van der Waals surface area contributed by atoms with Gasteiger partial charge in [-0.25, -0.2) is 12.8 Å². The van der Waals surface area contributed by atoms with Gasteiger partial charge in [-0.15, -0.1) is 0 Å². The molecule has 0 saturated carbocycles. The Morgan fingerprint density at radius 1 is 1.20 bits per heavy atom. The Balaban J connectivity index is 1.66. The average Bonchev–Trinajstić information content (AvgIpc) is 2.74. The van der Waals surface area contributed by atoms with E-state index in [1.54, 1.807) is 12.1 Å². The molecule has 2 aromatic carbocycles. The second-order valence-electron chi connectivity index (χ2n) is 6.49. The summed E-state index contributed by atoms with van der Waals surface area (Å²) < 4.78 is 56.2. The quantitative estimate of drug-likeness (QED) is 0.680. The summed E-state index contributed by atoms with van der Waals surface area (Å²) in [6.45, 7) is 1.19. The van der Waals surface area contributed by atoms with Crippen molar-refractivity contribution in [2.24, 2.45) is 0 Å². The highest BCUT2D eigenvalue weighted by Crippen LogP contribution is 2.30. The molecule has 1 aliphatic rings. The Morgan fingerprint density at radius 3 is 2.67 bits per heavy atom. The number of morpholine rings is 1. The Labute approximate surface area is 174 Å². The van der Waals surface area contributed by atoms with Crippen molar-refractivity contribution in [1.82, 2.24) is 4.31 Å². The number of nitrogens with one attached hydrogen (secondary N) is 1. The van der Waals surface area contributed by atoms with Crippen molar-refractivity contribution < 1.29 is 31.8 Å². The van der Waals surface area contributed by atoms with E-state index in [4.69, 9.17) is 14.2 Å². The first-order valence-electron chi connectivity index (χ1n) is 9.34. The zero-order chi connectivity index (χ0) is 21.6. The number of carbonyl (C=O) groups excluding carboxylic acids is 1. The molecule has 1 saturated heterocycles. The van der Waals surface area contributed by atoms with Crippen LogP contribution in [0, 0.1) is 5.82 Å². The predicted octanol–water partition coefficient (Wildman–Crippen LogP) is 2.26. The van der Waals surface area contributed by atoms with Gasteiger partial charge in [-0.1, -0.05) is 6.07 Å². The van der Waals surface area contributed by atoms with Gasteiger partial charge < -0.3 is 19.5 Å². The van der Waals surface area contributed by atoms with E-state index in [0.29, 0.717) is 24.7 Å². The van der Waals surface area contributed by atoms with E-state index in [0.717, 1.165) is 0 Å². The fourth-order valence-electron chi connectivity index (χ4n) is 2.92. The number of amides is 1. The van der Waals surface area contributed by atoms with Crippen molar-refractivity contribution in [3.63, 3.8) is 0 Å². The molecule has 2 aromatic rings. The summed E-state index contributed by atoms with van der Waals surface area (Å²) in [5.41, 5.74) is 0.318. The molecule has 1 fully saturated rings. The van der Waals surface area contributed by atoms with Crippen LogP contribution in [0.3, 0.4) is 0 Å². The third kappa shape index (κ3) is 5.47. The molecule has 0 aliphatic carbocycles. The van der Waals surface area contributed by atoms with E-state index >= 15 is 0 Å². The van der Waals surface area contributed by atoms with Crippen molar-refractivity contribution in [1.29, 1.82) is 0 Å². The Bertz CT molecular complexity index is 993. The number of anilines is 1. The lowest BCUT2D eigenvalue weighted by Crippen LogP contribution is -2.40. The van der Waals surface area contributed by atoms with Crippen molar-refractivity contribution in [2.45, 2.75) is 11.3 Å². The Hall–Kier alpha value is -2.69. The first-order valence-corrected chi connectivity index (χ1v) is 10.8. The number of benzene rings is 2. The van der Waals surface area contributed by atoms with Crippen LogP contribution in [0.25, 0.3) is 0 Å². The van der Waals surface area contributed by atoms with Crippen molar-refractivity contribution in [2.75, 3.05) is 45.3 Å². The van der Waals surface area contributed by atoms with Gasteiger partial charge in [-0.3, -0.25) is 4.79 Å². The van der Waals surface area contributed by atoms with Crippen LogP contribution in [0.5, 0.6) is 11.5 Å². The summed E-state index contributed by atoms with van der Waals surface area (Å²) in [7, 11) is -2.42. The van der Waals surface area contributed by atoms with Crippen LogP contribution in [0.1, 0.15) is 6.42 Å². The topological polar surface area (TPSA) is 94.2 Å². The number of hydrogen-bond donors (Lipinski definition) is 1. The molecule has 1 amide bonds. The molecule has 1 N–H and O–H groups in total. The third-order valence-corrected chi connectivity index (χ3v) is 6.35. The molecule has 30 heavy (non-hydrogen) atoms. The summed E-state index contributed by atoms with van der Waals surface area (Å²) >= 11 is 0. The molecule has 162 valence electrons. The maximum Gasteiger partial charge on any atom is 0.246 e. The standard InChI is InChI=1S/C20H23FN2O6S/c1-27-18-6-5-16(14-19(18)30(25,26)23-8-11-28-12-9-23)22-20(24)7-10-29-17-4-2-3-15(21)13-17/h2-6,13-14H,7-12H2,1H3,(H,22,24). The second kappa shape index (κ2) is 9.88. The molecular weight excluding hydrogens is 415 g/mol. The molecule has 8 nitrogen and oxygen atoms in total. The monoisotopic (exact) mass is 438 g/mol. The minimum absolute atomic E-state index is 0.00803. The molecule has 0 unspecified atom stereocenters. The average molecular weight is 438 g/mol. The number of halogens is 1. The summed E-state index contributed by atoms with van der Waals surface area (Å²) in [5, 5.41) is 2.65. The number of ether oxygens (including phenoxy) is 3. The zero-order valence-electron chi connectivity index (χ0n) is 16.5. The normalized spacial score (nSPS) is 14.9. The SMILES string of the molecule is COc1ccc(NC(=O)CCOc2cccc(F)c2)cc1S(=O)(=O)N1CCOCC1. The van der Waals surface area contributed by atoms with Gasteiger partial charge in [0.2, 0.25) is 15.9 Å². The van der Waals surface area contributed by atoms with Crippen LogP contribution in [0.4, 0.5) is 10.1 Å². The van der Waals surface area contributed by atoms with E-state index in [9.17, 15) is 17.6 Å². The van der Waals surface area contributed by atoms with Crippen molar-refractivity contribution in [3.05, 3.63) is 48.3 Å². The first kappa shape index (κ1) is 22.0. The predicted molar refractivity (Wildman–Crippen MR) is 108 cm³/mol. The summed E-state index contributed by atoms with van der Waals surface area (Å²) in [4.78, 5) is 12.2. The smallest absolute Gasteiger partial charge is 0.246 e. The minimum atomic E-state index is -3.80. The molecule has 0 aromatic heterocycles. The number of rotatable bonds is 8. The van der Waals surface area contributed by atoms with E-state index in [2.05, 4.69) is 5.32 Å². The largest absolute Gasteiger partial charge is 0.495 e. The third-order valence-electron chi connectivity index (χ3n) is 4.43. The van der Waals surface area contributed by atoms with Crippen LogP contribution >= 0.6 is 0 Å². The molecule has 0 spiro atoms. The fraction of sp³-hybridized carbons (Fsp3) is 0.350. The summed E-state index contributed by atoms with van der Waals surface area (Å²) in [6, 6.07) is 10.0. The number of methoxy groups -OCH3 is 1. The van der Waals surface area contributed by atoms with E-state index in [1.165, 1.54) is 41.7 Å². The highest BCUT2D eigenvalue weighted by molar-refractivity contribution is 7.89. The highest BCUT2D eigenvalue weighted by Gasteiger charge is 2.29. The molecule has 3 rings (SSSR count). The lowest BCUT2D eigenvalue weighted by molar-refractivity contribution is -0.116. The molecule has 1 heterocycles. The highest BCUT2D eigenvalue weighted by atomic mass is 32.2. The van der Waals surface area contributed by atoms with Crippen LogP contribution in [-0.2, 0) is 19.6 Å². The minimum Gasteiger partial charge on any atom is -0.495 e. The van der Waals surface area contributed by atoms with Gasteiger partial charge in [0.1, 0.15) is 22.2 Å². The second-order valence-corrected chi connectivity index (χ2v) is 8.39. The molecule has 10 heteroatoms. The molecule has 0 atom stereocenters. The van der Waals surface area contributed by atoms with Crippen molar-refractivity contribution in [3.8, 4) is 11.5 Å². The lowest BCUT2D eigenvalue weighted by Gasteiger charge is -2.26. The van der Waals surface area contributed by atoms with Gasteiger partial charge in [0, 0.05) is 24.8 Å². The molecule has 0 bridgehead atoms. The van der Waals surface area contributed by atoms with E-state index in [-0.39, 0.29) is 42.7 Å². The molecule has 0 radical (unpaired) electrons. The number of sulfonamides is 1. The van der Waals surface area contributed by atoms with Crippen LogP contribution in [0.15, 0.2) is 47.4 Å². The van der Waals surface area contributed by atoms with Gasteiger partial charge in [0.05, 0.1) is 33.4 Å². The first-order chi connectivity index (χ1) is 14.4. The van der Waals surface area contributed by atoms with Gasteiger partial charge in [0.25, 0.3) is 0 Å². The Kier molecular flexibility index (Phi) is 7.24. The van der Waals surface area contributed by atoms with Gasteiger partial charge in [-0.2, -0.15) is 4.31 Å². The summed E-state index contributed by atoms with van der Waals surface area (Å²) in [6.07, 6.45) is 0.00803. The van der Waals surface area contributed by atoms with Gasteiger partial charge in [-0.05, 0) is 30.3 Å². The number of nitrogens with zero attached hydrogens (tertiary/aromatic N) is 1. The Morgan fingerprint density at radius 2 is 1.97 bits per heavy atom. The van der Waals surface area contributed by atoms with Gasteiger partial charge in [0.15, 0.2) is 0 Å². The number of carbonyl (C=O) groups is 1.